The van der Waals surface area contributed by atoms with E-state index in [2.05, 4.69) is 26.0 Å². The van der Waals surface area contributed by atoms with Crippen molar-refractivity contribution in [3.05, 3.63) is 35.3 Å². The Morgan fingerprint density at radius 2 is 1.91 bits per heavy atom. The van der Waals surface area contributed by atoms with Gasteiger partial charge in [-0.05, 0) is 13.3 Å². The van der Waals surface area contributed by atoms with E-state index in [1.54, 1.807) is 0 Å². The number of nitrogens with zero attached hydrogens (tertiary/aromatic N) is 2. The third-order valence-electron chi connectivity index (χ3n) is 3.57. The number of hydrogen-bond acceptors (Lipinski definition) is 5. The van der Waals surface area contributed by atoms with Gasteiger partial charge in [-0.15, -0.1) is 26.0 Å². The maximum atomic E-state index is 12.3. The molecule has 7 heteroatoms. The first kappa shape index (κ1) is 18.3. The minimum atomic E-state index is -0.927. The van der Waals surface area contributed by atoms with Gasteiger partial charge in [-0.25, -0.2) is 0 Å². The van der Waals surface area contributed by atoms with Crippen molar-refractivity contribution in [2.45, 2.75) is 32.2 Å². The first-order valence-corrected chi connectivity index (χ1v) is 6.94. The maximum Gasteiger partial charge on any atom is 0.276 e. The predicted octanol–water partition coefficient (Wildman–Crippen LogP) is 0.902. The number of amides is 1. The summed E-state index contributed by atoms with van der Waals surface area (Å²) in [5.41, 5.74) is -1.01. The van der Waals surface area contributed by atoms with Crippen molar-refractivity contribution in [3.63, 3.8) is 0 Å². The minimum Gasteiger partial charge on any atom is -0.503 e. The number of carbonyl (C=O) groups is 1. The molecule has 1 fully saturated rings. The molecule has 0 saturated carbocycles. The molecule has 124 valence electrons. The molecule has 2 unspecified atom stereocenters. The molecule has 1 aromatic rings. The van der Waals surface area contributed by atoms with E-state index < -0.39 is 29.1 Å². The zero-order valence-corrected chi connectivity index (χ0v) is 12.9. The monoisotopic (exact) mass is 320 g/mol. The smallest absolute Gasteiger partial charge is 0.276 e. The molecule has 3 rings (SSSR count). The molecule has 2 aliphatic heterocycles. The Hall–Kier alpha value is -2.72. The lowest BCUT2D eigenvalue weighted by atomic mass is 10.1. The van der Waals surface area contributed by atoms with Crippen molar-refractivity contribution in [2.24, 2.45) is 0 Å². The van der Waals surface area contributed by atoms with Crippen LogP contribution in [-0.2, 0) is 11.3 Å². The van der Waals surface area contributed by atoms with Crippen molar-refractivity contribution in [1.29, 1.82) is 0 Å². The van der Waals surface area contributed by atoms with Gasteiger partial charge in [0.25, 0.3) is 11.3 Å². The van der Waals surface area contributed by atoms with E-state index >= 15 is 0 Å². The molecule has 2 N–H and O–H groups in total. The highest BCUT2D eigenvalue weighted by Gasteiger charge is 2.39. The lowest BCUT2D eigenvalue weighted by molar-refractivity contribution is -0.128. The Bertz CT molecular complexity index is 664. The van der Waals surface area contributed by atoms with E-state index in [0.717, 1.165) is 6.20 Å². The molecule has 1 amide bonds. The van der Waals surface area contributed by atoms with Gasteiger partial charge < -0.3 is 24.4 Å². The Kier molecular flexibility index (Phi) is 5.99. The SMILES string of the molecule is C#C.C=C.CC1CCN2C(=O)c3c(O)c(=O)c(O)cn3CC2O1. The van der Waals surface area contributed by atoms with Gasteiger partial charge in [-0.3, -0.25) is 9.59 Å². The number of rotatable bonds is 0. The highest BCUT2D eigenvalue weighted by atomic mass is 16.5. The fourth-order valence-corrected chi connectivity index (χ4v) is 2.56. The van der Waals surface area contributed by atoms with Crippen LogP contribution in [0.25, 0.3) is 0 Å². The summed E-state index contributed by atoms with van der Waals surface area (Å²) in [6, 6.07) is 0. The summed E-state index contributed by atoms with van der Waals surface area (Å²) in [4.78, 5) is 25.3. The van der Waals surface area contributed by atoms with E-state index in [9.17, 15) is 19.8 Å². The van der Waals surface area contributed by atoms with Crippen LogP contribution >= 0.6 is 0 Å². The van der Waals surface area contributed by atoms with E-state index in [-0.39, 0.29) is 18.3 Å². The van der Waals surface area contributed by atoms with Crippen LogP contribution in [-0.4, -0.2) is 44.5 Å². The summed E-state index contributed by atoms with van der Waals surface area (Å²) in [6.45, 7) is 8.74. The summed E-state index contributed by atoms with van der Waals surface area (Å²) in [5.74, 6) is -1.73. The summed E-state index contributed by atoms with van der Waals surface area (Å²) in [5, 5.41) is 19.2. The van der Waals surface area contributed by atoms with Crippen molar-refractivity contribution >= 4 is 5.91 Å². The highest BCUT2D eigenvalue weighted by Crippen LogP contribution is 2.28. The topological polar surface area (TPSA) is 92.0 Å². The van der Waals surface area contributed by atoms with E-state index in [0.29, 0.717) is 13.0 Å². The molecule has 0 aliphatic carbocycles. The molecule has 0 radical (unpaired) electrons. The Morgan fingerprint density at radius 1 is 1.30 bits per heavy atom. The summed E-state index contributed by atoms with van der Waals surface area (Å²) < 4.78 is 7.04. The molecule has 1 aromatic heterocycles. The number of hydrogen-bond donors (Lipinski definition) is 2. The molecule has 7 nitrogen and oxygen atoms in total. The number of fused-ring (bicyclic) bond motifs is 2. The van der Waals surface area contributed by atoms with Gasteiger partial charge in [0.2, 0.25) is 0 Å². The fourth-order valence-electron chi connectivity index (χ4n) is 2.56. The Balaban J connectivity index is 0.000000615. The normalized spacial score (nSPS) is 21.7. The quantitative estimate of drug-likeness (QED) is 0.547. The van der Waals surface area contributed by atoms with Gasteiger partial charge in [-0.2, -0.15) is 0 Å². The summed E-state index contributed by atoms with van der Waals surface area (Å²) in [7, 11) is 0. The summed E-state index contributed by atoms with van der Waals surface area (Å²) >= 11 is 0. The van der Waals surface area contributed by atoms with Gasteiger partial charge in [-0.1, -0.05) is 0 Å². The third-order valence-corrected chi connectivity index (χ3v) is 3.57. The maximum absolute atomic E-state index is 12.3. The number of aromatic nitrogens is 1. The third kappa shape index (κ3) is 3.22. The average molecular weight is 320 g/mol. The fraction of sp³-hybridized carbons (Fsp3) is 0.375. The number of terminal acetylenes is 1. The molecular formula is C16H20N2O5. The molecule has 3 heterocycles. The molecular weight excluding hydrogens is 300 g/mol. The van der Waals surface area contributed by atoms with Gasteiger partial charge in [0.1, 0.15) is 0 Å². The van der Waals surface area contributed by atoms with Crippen LogP contribution in [0.3, 0.4) is 0 Å². The second-order valence-corrected chi connectivity index (χ2v) is 4.88. The number of carbonyl (C=O) groups excluding carboxylic acids is 1. The number of ether oxygens (including phenoxy) is 1. The van der Waals surface area contributed by atoms with Crippen LogP contribution in [0.5, 0.6) is 11.5 Å². The second kappa shape index (κ2) is 7.51. The molecule has 23 heavy (non-hydrogen) atoms. The first-order chi connectivity index (χ1) is 11.0. The van der Waals surface area contributed by atoms with Gasteiger partial charge in [0.05, 0.1) is 18.8 Å². The van der Waals surface area contributed by atoms with Crippen LogP contribution in [0.2, 0.25) is 0 Å². The minimum absolute atomic E-state index is 0.0529. The van der Waals surface area contributed by atoms with Crippen molar-refractivity contribution in [1.82, 2.24) is 9.47 Å². The molecule has 1 saturated heterocycles. The standard InChI is InChI=1S/C12H14N2O5.C2H4.C2H2/c1-6-2-3-14-8(19-6)5-13-4-7(15)10(16)11(17)9(13)12(14)18;2*1-2/h4,6,8,15,17H,2-3,5H2,1H3;1-2H2;1-2H. The van der Waals surface area contributed by atoms with Crippen molar-refractivity contribution < 1.29 is 19.7 Å². The zero-order chi connectivity index (χ0) is 17.7. The van der Waals surface area contributed by atoms with Crippen LogP contribution in [0, 0.1) is 12.8 Å². The molecule has 2 atom stereocenters. The number of aromatic hydroxyl groups is 2. The first-order valence-electron chi connectivity index (χ1n) is 6.94. The largest absolute Gasteiger partial charge is 0.503 e. The van der Waals surface area contributed by atoms with Crippen LogP contribution in [0.4, 0.5) is 0 Å². The van der Waals surface area contributed by atoms with Gasteiger partial charge >= 0.3 is 0 Å². The molecule has 0 spiro atoms. The van der Waals surface area contributed by atoms with E-state index in [4.69, 9.17) is 4.74 Å². The van der Waals surface area contributed by atoms with Gasteiger partial charge in [0, 0.05) is 6.54 Å². The lowest BCUT2D eigenvalue weighted by Crippen LogP contribution is -2.54. The number of pyridine rings is 1. The van der Waals surface area contributed by atoms with Crippen LogP contribution in [0.1, 0.15) is 23.8 Å². The van der Waals surface area contributed by atoms with E-state index in [1.807, 2.05) is 6.92 Å². The van der Waals surface area contributed by atoms with Crippen molar-refractivity contribution in [3.8, 4) is 24.3 Å². The Labute approximate surface area is 134 Å². The van der Waals surface area contributed by atoms with Crippen LogP contribution in [0.15, 0.2) is 24.1 Å². The van der Waals surface area contributed by atoms with Gasteiger partial charge in [0.15, 0.2) is 23.4 Å². The molecule has 2 aliphatic rings. The zero-order valence-electron chi connectivity index (χ0n) is 12.9. The van der Waals surface area contributed by atoms with E-state index in [1.165, 1.54) is 9.47 Å². The van der Waals surface area contributed by atoms with Crippen molar-refractivity contribution in [2.75, 3.05) is 6.54 Å². The molecule has 0 aromatic carbocycles. The van der Waals surface area contributed by atoms with Crippen LogP contribution < -0.4 is 5.43 Å². The molecule has 0 bridgehead atoms. The summed E-state index contributed by atoms with van der Waals surface area (Å²) in [6.07, 6.45) is 9.50. The predicted molar refractivity (Wildman–Crippen MR) is 85.2 cm³/mol. The average Bonchev–Trinajstić information content (AvgIpc) is 2.56. The Morgan fingerprint density at radius 3 is 2.52 bits per heavy atom. The lowest BCUT2D eigenvalue weighted by Gasteiger charge is -2.42. The second-order valence-electron chi connectivity index (χ2n) is 4.88. The highest BCUT2D eigenvalue weighted by molar-refractivity contribution is 5.96.